The molecule has 0 saturated heterocycles. The molecule has 0 spiro atoms. The lowest BCUT2D eigenvalue weighted by atomic mass is 9.77. The maximum Gasteiger partial charge on any atom is 0.317 e. The lowest BCUT2D eigenvalue weighted by Gasteiger charge is -2.41. The van der Waals surface area contributed by atoms with Crippen molar-refractivity contribution in [1.82, 2.24) is 9.80 Å². The molecule has 4 heteroatoms. The smallest absolute Gasteiger partial charge is 0.317 e. The summed E-state index contributed by atoms with van der Waals surface area (Å²) in [7, 11) is 4.07. The van der Waals surface area contributed by atoms with Gasteiger partial charge in [-0.15, -0.1) is 0 Å². The van der Waals surface area contributed by atoms with Crippen LogP contribution in [-0.2, 0) is 4.79 Å². The first-order chi connectivity index (χ1) is 8.41. The Morgan fingerprint density at radius 1 is 1.22 bits per heavy atom. The van der Waals surface area contributed by atoms with Crippen molar-refractivity contribution in [3.05, 3.63) is 0 Å². The molecule has 0 aromatic heterocycles. The maximum absolute atomic E-state index is 11.0. The highest BCUT2D eigenvalue weighted by atomic mass is 16.4. The minimum atomic E-state index is -0.709. The zero-order valence-electron chi connectivity index (χ0n) is 12.2. The van der Waals surface area contributed by atoms with Crippen molar-refractivity contribution in [3.63, 3.8) is 0 Å². The van der Waals surface area contributed by atoms with Gasteiger partial charge >= 0.3 is 5.97 Å². The van der Waals surface area contributed by atoms with E-state index in [0.717, 1.165) is 19.5 Å². The molecule has 3 unspecified atom stereocenters. The van der Waals surface area contributed by atoms with E-state index >= 15 is 0 Å². The number of rotatable bonds is 6. The molecular formula is C14H28N2O2. The Bertz CT molecular complexity index is 269. The summed E-state index contributed by atoms with van der Waals surface area (Å²) in [6.45, 7) is 6.52. The first-order valence-corrected chi connectivity index (χ1v) is 7.02. The monoisotopic (exact) mass is 256 g/mol. The second kappa shape index (κ2) is 7.10. The summed E-state index contributed by atoms with van der Waals surface area (Å²) in [5.41, 5.74) is 0. The first-order valence-electron chi connectivity index (χ1n) is 7.02. The van der Waals surface area contributed by atoms with Crippen molar-refractivity contribution < 1.29 is 9.90 Å². The SMILES string of the molecule is CC1CCCC(N(CCN(C)C)CC(=O)O)C1C. The van der Waals surface area contributed by atoms with Crippen molar-refractivity contribution in [2.24, 2.45) is 11.8 Å². The van der Waals surface area contributed by atoms with Crippen LogP contribution in [-0.4, -0.2) is 60.6 Å². The van der Waals surface area contributed by atoms with Gasteiger partial charge in [0.25, 0.3) is 0 Å². The molecule has 0 aromatic carbocycles. The molecule has 0 amide bonds. The number of hydrogen-bond donors (Lipinski definition) is 1. The van der Waals surface area contributed by atoms with Crippen LogP contribution >= 0.6 is 0 Å². The van der Waals surface area contributed by atoms with Gasteiger partial charge in [-0.25, -0.2) is 0 Å². The van der Waals surface area contributed by atoms with Gasteiger partial charge in [0.15, 0.2) is 0 Å². The second-order valence-electron chi connectivity index (χ2n) is 6.00. The minimum Gasteiger partial charge on any atom is -0.480 e. The van der Waals surface area contributed by atoms with Crippen LogP contribution in [0.2, 0.25) is 0 Å². The molecule has 0 radical (unpaired) electrons. The highest BCUT2D eigenvalue weighted by molar-refractivity contribution is 5.69. The molecule has 0 aliphatic heterocycles. The fourth-order valence-corrected chi connectivity index (χ4v) is 2.93. The fourth-order valence-electron chi connectivity index (χ4n) is 2.93. The zero-order chi connectivity index (χ0) is 13.7. The normalized spacial score (nSPS) is 28.9. The Balaban J connectivity index is 2.64. The lowest BCUT2D eigenvalue weighted by molar-refractivity contribution is -0.139. The van der Waals surface area contributed by atoms with Crippen LogP contribution in [0.4, 0.5) is 0 Å². The maximum atomic E-state index is 11.0. The molecule has 1 fully saturated rings. The highest BCUT2D eigenvalue weighted by Crippen LogP contribution is 2.32. The average molecular weight is 256 g/mol. The van der Waals surface area contributed by atoms with E-state index in [4.69, 9.17) is 5.11 Å². The molecule has 0 heterocycles. The molecule has 1 rings (SSSR count). The molecule has 106 valence electrons. The number of carbonyl (C=O) groups is 1. The van der Waals surface area contributed by atoms with Crippen LogP contribution in [0.3, 0.4) is 0 Å². The topological polar surface area (TPSA) is 43.8 Å². The Labute approximate surface area is 111 Å². The quantitative estimate of drug-likeness (QED) is 0.786. The number of hydrogen-bond acceptors (Lipinski definition) is 3. The number of carboxylic acids is 1. The van der Waals surface area contributed by atoms with Crippen molar-refractivity contribution >= 4 is 5.97 Å². The Morgan fingerprint density at radius 3 is 2.44 bits per heavy atom. The van der Waals surface area contributed by atoms with E-state index in [2.05, 4.69) is 23.6 Å². The molecule has 4 nitrogen and oxygen atoms in total. The van der Waals surface area contributed by atoms with Crippen LogP contribution in [0, 0.1) is 11.8 Å². The molecule has 1 aliphatic rings. The average Bonchev–Trinajstić information content (AvgIpc) is 2.27. The molecule has 1 N–H and O–H groups in total. The van der Waals surface area contributed by atoms with Gasteiger partial charge in [0.1, 0.15) is 0 Å². The van der Waals surface area contributed by atoms with Gasteiger partial charge < -0.3 is 10.0 Å². The van der Waals surface area contributed by atoms with E-state index in [1.807, 2.05) is 14.1 Å². The van der Waals surface area contributed by atoms with Crippen LogP contribution in [0.1, 0.15) is 33.1 Å². The van der Waals surface area contributed by atoms with Crippen molar-refractivity contribution in [1.29, 1.82) is 0 Å². The predicted molar refractivity (Wildman–Crippen MR) is 73.7 cm³/mol. The molecule has 0 bridgehead atoms. The van der Waals surface area contributed by atoms with Gasteiger partial charge in [-0.05, 0) is 32.4 Å². The van der Waals surface area contributed by atoms with Gasteiger partial charge in [-0.2, -0.15) is 0 Å². The van der Waals surface area contributed by atoms with Gasteiger partial charge in [0.05, 0.1) is 6.54 Å². The molecular weight excluding hydrogens is 228 g/mol. The Kier molecular flexibility index (Phi) is 6.09. The number of aliphatic carboxylic acids is 1. The summed E-state index contributed by atoms with van der Waals surface area (Å²) in [5, 5.41) is 9.08. The van der Waals surface area contributed by atoms with Crippen molar-refractivity contribution in [3.8, 4) is 0 Å². The van der Waals surface area contributed by atoms with E-state index in [1.165, 1.54) is 12.8 Å². The van der Waals surface area contributed by atoms with Gasteiger partial charge in [-0.1, -0.05) is 26.7 Å². The van der Waals surface area contributed by atoms with E-state index in [9.17, 15) is 4.79 Å². The largest absolute Gasteiger partial charge is 0.480 e. The first kappa shape index (κ1) is 15.4. The number of nitrogens with zero attached hydrogens (tertiary/aromatic N) is 2. The van der Waals surface area contributed by atoms with Crippen LogP contribution in [0.15, 0.2) is 0 Å². The number of carboxylic acid groups (broad SMARTS) is 1. The van der Waals surface area contributed by atoms with Crippen LogP contribution < -0.4 is 0 Å². The summed E-state index contributed by atoms with van der Waals surface area (Å²) in [5.74, 6) is 0.596. The second-order valence-corrected chi connectivity index (χ2v) is 6.00. The van der Waals surface area contributed by atoms with Crippen LogP contribution in [0.5, 0.6) is 0 Å². The third-order valence-electron chi connectivity index (χ3n) is 4.31. The summed E-state index contributed by atoms with van der Waals surface area (Å²) in [4.78, 5) is 15.3. The number of likely N-dealkylation sites (N-methyl/N-ethyl adjacent to an activating group) is 1. The highest BCUT2D eigenvalue weighted by Gasteiger charge is 2.32. The fraction of sp³-hybridized carbons (Fsp3) is 0.929. The summed E-state index contributed by atoms with van der Waals surface area (Å²) < 4.78 is 0. The van der Waals surface area contributed by atoms with E-state index in [0.29, 0.717) is 17.9 Å². The third kappa shape index (κ3) is 4.58. The van der Waals surface area contributed by atoms with Gasteiger partial charge in [0, 0.05) is 19.1 Å². The molecule has 1 saturated carbocycles. The third-order valence-corrected chi connectivity index (χ3v) is 4.31. The van der Waals surface area contributed by atoms with E-state index in [-0.39, 0.29) is 6.54 Å². The van der Waals surface area contributed by atoms with Gasteiger partial charge in [0.2, 0.25) is 0 Å². The van der Waals surface area contributed by atoms with Crippen LogP contribution in [0.25, 0.3) is 0 Å². The Morgan fingerprint density at radius 2 is 1.89 bits per heavy atom. The molecule has 0 aromatic rings. The van der Waals surface area contributed by atoms with Crippen molar-refractivity contribution in [2.75, 3.05) is 33.7 Å². The van der Waals surface area contributed by atoms with Gasteiger partial charge in [-0.3, -0.25) is 9.69 Å². The molecule has 3 atom stereocenters. The van der Waals surface area contributed by atoms with E-state index < -0.39 is 5.97 Å². The Hall–Kier alpha value is -0.610. The van der Waals surface area contributed by atoms with E-state index in [1.54, 1.807) is 0 Å². The minimum absolute atomic E-state index is 0.176. The molecule has 1 aliphatic carbocycles. The lowest BCUT2D eigenvalue weighted by Crippen LogP contribution is -2.48. The standard InChI is InChI=1S/C14H28N2O2/c1-11-6-5-7-13(12(11)2)16(10-14(17)18)9-8-15(3)4/h11-13H,5-10H2,1-4H3,(H,17,18). The summed E-state index contributed by atoms with van der Waals surface area (Å²) >= 11 is 0. The van der Waals surface area contributed by atoms with Crippen molar-refractivity contribution in [2.45, 2.75) is 39.2 Å². The predicted octanol–water partition coefficient (Wildman–Crippen LogP) is 1.76. The molecule has 18 heavy (non-hydrogen) atoms. The zero-order valence-corrected chi connectivity index (χ0v) is 12.2. The summed E-state index contributed by atoms with van der Waals surface area (Å²) in [6.07, 6.45) is 3.66. The summed E-state index contributed by atoms with van der Waals surface area (Å²) in [6, 6.07) is 0.435.